The second-order valence-corrected chi connectivity index (χ2v) is 7.99. The normalized spacial score (nSPS) is 23.5. The highest BCUT2D eigenvalue weighted by molar-refractivity contribution is 7.10. The Kier molecular flexibility index (Phi) is 4.54. The summed E-state index contributed by atoms with van der Waals surface area (Å²) in [5.41, 5.74) is 2.57. The van der Waals surface area contributed by atoms with Gasteiger partial charge in [-0.3, -0.25) is 9.59 Å². The number of anilines is 2. The van der Waals surface area contributed by atoms with E-state index in [1.54, 1.807) is 16.2 Å². The van der Waals surface area contributed by atoms with Gasteiger partial charge in [-0.15, -0.1) is 11.3 Å². The topological polar surface area (TPSA) is 58.6 Å². The Morgan fingerprint density at radius 3 is 3.00 bits per heavy atom. The zero-order valence-electron chi connectivity index (χ0n) is 14.9. The van der Waals surface area contributed by atoms with Crippen LogP contribution in [0.15, 0.2) is 35.7 Å². The number of benzene rings is 1. The molecule has 1 N–H and O–H groups in total. The minimum absolute atomic E-state index is 0.00940. The van der Waals surface area contributed by atoms with Crippen LogP contribution in [0.4, 0.5) is 11.4 Å². The van der Waals surface area contributed by atoms with Crippen molar-refractivity contribution in [2.45, 2.75) is 26.4 Å². The first-order valence-corrected chi connectivity index (χ1v) is 9.83. The van der Waals surface area contributed by atoms with Crippen molar-refractivity contribution < 1.29 is 14.3 Å². The molecule has 2 aliphatic rings. The molecule has 2 aromatic rings. The maximum Gasteiger partial charge on any atom is 0.232 e. The van der Waals surface area contributed by atoms with Gasteiger partial charge >= 0.3 is 0 Å². The third-order valence-electron chi connectivity index (χ3n) is 5.18. The first kappa shape index (κ1) is 17.2. The zero-order chi connectivity index (χ0) is 18.3. The van der Waals surface area contributed by atoms with Gasteiger partial charge in [-0.2, -0.15) is 0 Å². The van der Waals surface area contributed by atoms with E-state index >= 15 is 0 Å². The Hall–Kier alpha value is -2.18. The molecule has 5 nitrogen and oxygen atoms in total. The van der Waals surface area contributed by atoms with Crippen molar-refractivity contribution in [1.29, 1.82) is 0 Å². The molecule has 1 aromatic heterocycles. The van der Waals surface area contributed by atoms with Gasteiger partial charge in [0.15, 0.2) is 0 Å². The van der Waals surface area contributed by atoms with Gasteiger partial charge in [0.1, 0.15) is 0 Å². The summed E-state index contributed by atoms with van der Waals surface area (Å²) in [6.07, 6.45) is 0.679. The van der Waals surface area contributed by atoms with E-state index in [4.69, 9.17) is 4.74 Å². The monoisotopic (exact) mass is 370 g/mol. The SMILES string of the molecule is CC1CN(C(=O)C(C)C2OCCc3sccc32)c2ccccc2NC1=O. The number of nitrogens with one attached hydrogen (secondary N) is 1. The van der Waals surface area contributed by atoms with Crippen LogP contribution in [-0.2, 0) is 20.7 Å². The van der Waals surface area contributed by atoms with Crippen LogP contribution in [0.5, 0.6) is 0 Å². The number of fused-ring (bicyclic) bond motifs is 2. The highest BCUT2D eigenvalue weighted by Gasteiger charge is 2.36. The summed E-state index contributed by atoms with van der Waals surface area (Å²) in [7, 11) is 0. The molecule has 2 amide bonds. The smallest absolute Gasteiger partial charge is 0.232 e. The van der Waals surface area contributed by atoms with Gasteiger partial charge in [-0.25, -0.2) is 0 Å². The van der Waals surface area contributed by atoms with Gasteiger partial charge in [0, 0.05) is 17.8 Å². The lowest BCUT2D eigenvalue weighted by molar-refractivity contribution is -0.127. The van der Waals surface area contributed by atoms with E-state index in [0.717, 1.165) is 17.7 Å². The Bertz CT molecular complexity index is 847. The molecular weight excluding hydrogens is 348 g/mol. The van der Waals surface area contributed by atoms with Crippen molar-refractivity contribution in [1.82, 2.24) is 0 Å². The summed E-state index contributed by atoms with van der Waals surface area (Å²) in [5, 5.41) is 4.99. The zero-order valence-corrected chi connectivity index (χ0v) is 15.7. The number of para-hydroxylation sites is 2. The first-order chi connectivity index (χ1) is 12.6. The molecule has 0 saturated heterocycles. The van der Waals surface area contributed by atoms with E-state index in [-0.39, 0.29) is 29.8 Å². The maximum absolute atomic E-state index is 13.4. The number of amides is 2. The fraction of sp³-hybridized carbons (Fsp3) is 0.400. The molecule has 0 bridgehead atoms. The van der Waals surface area contributed by atoms with Gasteiger partial charge in [-0.1, -0.05) is 26.0 Å². The maximum atomic E-state index is 13.4. The molecule has 136 valence electrons. The van der Waals surface area contributed by atoms with Gasteiger partial charge in [0.05, 0.1) is 35.9 Å². The number of hydrogen-bond acceptors (Lipinski definition) is 4. The van der Waals surface area contributed by atoms with Crippen LogP contribution in [0.25, 0.3) is 0 Å². The molecule has 0 radical (unpaired) electrons. The molecule has 3 heterocycles. The standard InChI is InChI=1S/C20H22N2O3S/c1-12-11-22(16-6-4-3-5-15(16)21-19(12)23)20(24)13(2)18-14-8-10-26-17(14)7-9-25-18/h3-6,8,10,12-13,18H,7,9,11H2,1-2H3,(H,21,23). The van der Waals surface area contributed by atoms with Gasteiger partial charge < -0.3 is 15.0 Å². The molecule has 3 unspecified atom stereocenters. The number of rotatable bonds is 2. The number of hydrogen-bond donors (Lipinski definition) is 1. The Morgan fingerprint density at radius 1 is 1.35 bits per heavy atom. The van der Waals surface area contributed by atoms with E-state index < -0.39 is 0 Å². The first-order valence-electron chi connectivity index (χ1n) is 8.95. The molecule has 26 heavy (non-hydrogen) atoms. The van der Waals surface area contributed by atoms with Crippen LogP contribution >= 0.6 is 11.3 Å². The van der Waals surface area contributed by atoms with Crippen LogP contribution in [0.1, 0.15) is 30.4 Å². The van der Waals surface area contributed by atoms with Crippen LogP contribution in [0, 0.1) is 11.8 Å². The van der Waals surface area contributed by atoms with Gasteiger partial charge in [0.2, 0.25) is 11.8 Å². The largest absolute Gasteiger partial charge is 0.372 e. The summed E-state index contributed by atoms with van der Waals surface area (Å²) in [6.45, 7) is 4.78. The lowest BCUT2D eigenvalue weighted by atomic mass is 9.93. The molecular formula is C20H22N2O3S. The van der Waals surface area contributed by atoms with E-state index in [2.05, 4.69) is 16.8 Å². The average Bonchev–Trinajstić information content (AvgIpc) is 3.09. The van der Waals surface area contributed by atoms with Crippen LogP contribution in [0.2, 0.25) is 0 Å². The second-order valence-electron chi connectivity index (χ2n) is 6.99. The predicted molar refractivity (Wildman–Crippen MR) is 102 cm³/mol. The Morgan fingerprint density at radius 2 is 2.15 bits per heavy atom. The van der Waals surface area contributed by atoms with E-state index in [1.165, 1.54) is 4.88 Å². The fourth-order valence-electron chi connectivity index (χ4n) is 3.70. The van der Waals surface area contributed by atoms with Gasteiger partial charge in [-0.05, 0) is 29.1 Å². The quantitative estimate of drug-likeness (QED) is 0.878. The highest BCUT2D eigenvalue weighted by Crippen LogP contribution is 2.38. The number of thiophene rings is 1. The Labute approximate surface area is 157 Å². The van der Waals surface area contributed by atoms with Crippen molar-refractivity contribution in [3.8, 4) is 0 Å². The van der Waals surface area contributed by atoms with Crippen molar-refractivity contribution in [3.05, 3.63) is 46.2 Å². The number of ether oxygens (including phenoxy) is 1. The van der Waals surface area contributed by atoms with Crippen molar-refractivity contribution in [2.75, 3.05) is 23.4 Å². The van der Waals surface area contributed by atoms with E-state index in [9.17, 15) is 9.59 Å². The van der Waals surface area contributed by atoms with E-state index in [0.29, 0.717) is 18.8 Å². The average molecular weight is 370 g/mol. The number of carbonyl (C=O) groups is 2. The van der Waals surface area contributed by atoms with Crippen LogP contribution < -0.4 is 10.2 Å². The van der Waals surface area contributed by atoms with Crippen molar-refractivity contribution >= 4 is 34.5 Å². The van der Waals surface area contributed by atoms with Crippen molar-refractivity contribution in [2.24, 2.45) is 11.8 Å². The summed E-state index contributed by atoms with van der Waals surface area (Å²) in [4.78, 5) is 28.7. The van der Waals surface area contributed by atoms with Crippen LogP contribution in [0.3, 0.4) is 0 Å². The molecule has 0 fully saturated rings. The van der Waals surface area contributed by atoms with Crippen molar-refractivity contribution in [3.63, 3.8) is 0 Å². The minimum atomic E-state index is -0.322. The summed E-state index contributed by atoms with van der Waals surface area (Å²) in [5.74, 6) is -0.668. The summed E-state index contributed by atoms with van der Waals surface area (Å²) in [6, 6.07) is 9.54. The minimum Gasteiger partial charge on any atom is -0.372 e. The summed E-state index contributed by atoms with van der Waals surface area (Å²) < 4.78 is 5.98. The molecule has 6 heteroatoms. The molecule has 0 spiro atoms. The predicted octanol–water partition coefficient (Wildman–Crippen LogP) is 3.62. The van der Waals surface area contributed by atoms with Gasteiger partial charge in [0.25, 0.3) is 0 Å². The summed E-state index contributed by atoms with van der Waals surface area (Å²) >= 11 is 1.73. The molecule has 2 aliphatic heterocycles. The molecule has 4 rings (SSSR count). The fourth-order valence-corrected chi connectivity index (χ4v) is 4.60. The third-order valence-corrected chi connectivity index (χ3v) is 6.18. The lowest BCUT2D eigenvalue weighted by Crippen LogP contribution is -2.41. The molecule has 3 atom stereocenters. The molecule has 1 aromatic carbocycles. The third kappa shape index (κ3) is 2.93. The number of carbonyl (C=O) groups excluding carboxylic acids is 2. The number of nitrogens with zero attached hydrogens (tertiary/aromatic N) is 1. The van der Waals surface area contributed by atoms with E-state index in [1.807, 2.05) is 38.1 Å². The highest BCUT2D eigenvalue weighted by atomic mass is 32.1. The van der Waals surface area contributed by atoms with Crippen LogP contribution in [-0.4, -0.2) is 25.0 Å². The molecule has 0 aliphatic carbocycles. The lowest BCUT2D eigenvalue weighted by Gasteiger charge is -2.32. The second kappa shape index (κ2) is 6.85. The Balaban J connectivity index is 1.66. The molecule has 0 saturated carbocycles.